The molecular formula is C12H16N2O4. The van der Waals surface area contributed by atoms with E-state index in [2.05, 4.69) is 10.6 Å². The highest BCUT2D eigenvalue weighted by atomic mass is 16.4. The van der Waals surface area contributed by atoms with Gasteiger partial charge in [-0.3, -0.25) is 0 Å². The number of aliphatic carboxylic acids is 1. The van der Waals surface area contributed by atoms with Crippen LogP contribution in [0.15, 0.2) is 24.3 Å². The number of urea groups is 1. The highest BCUT2D eigenvalue weighted by Crippen LogP contribution is 2.08. The molecule has 4 N–H and O–H groups in total. The summed E-state index contributed by atoms with van der Waals surface area (Å²) in [7, 11) is 0. The molecule has 18 heavy (non-hydrogen) atoms. The fourth-order valence-corrected chi connectivity index (χ4v) is 1.35. The molecule has 0 aliphatic carbocycles. The topological polar surface area (TPSA) is 98.7 Å². The van der Waals surface area contributed by atoms with Gasteiger partial charge in [0.2, 0.25) is 0 Å². The third kappa shape index (κ3) is 4.42. The number of hydrogen-bond acceptors (Lipinski definition) is 3. The van der Waals surface area contributed by atoms with E-state index in [1.165, 1.54) is 0 Å². The number of hydrogen-bond donors (Lipinski definition) is 4. The van der Waals surface area contributed by atoms with Crippen molar-refractivity contribution in [1.82, 2.24) is 5.32 Å². The lowest BCUT2D eigenvalue weighted by molar-refractivity contribution is -0.139. The first-order chi connectivity index (χ1) is 8.52. The monoisotopic (exact) mass is 252 g/mol. The lowest BCUT2D eigenvalue weighted by Crippen LogP contribution is -2.43. The molecular weight excluding hydrogens is 236 g/mol. The number of aliphatic hydroxyl groups is 1. The van der Waals surface area contributed by atoms with Crippen molar-refractivity contribution < 1.29 is 19.8 Å². The molecule has 0 spiro atoms. The SMILES string of the molecule is Cc1ccc(NC(=O)N[C@H](CCO)C(=O)O)cc1. The molecule has 0 saturated carbocycles. The standard InChI is InChI=1S/C12H16N2O4/c1-8-2-4-9(5-3-8)13-12(18)14-10(6-7-15)11(16)17/h2-5,10,15H,6-7H2,1H3,(H,16,17)(H2,13,14,18)/t10-/m1/s1. The molecule has 0 aliphatic heterocycles. The Kier molecular flexibility index (Phi) is 5.13. The van der Waals surface area contributed by atoms with Crippen LogP contribution in [0.1, 0.15) is 12.0 Å². The molecule has 0 aromatic heterocycles. The predicted octanol–water partition coefficient (Wildman–Crippen LogP) is 0.952. The van der Waals surface area contributed by atoms with Gasteiger partial charge in [-0.05, 0) is 19.1 Å². The Morgan fingerprint density at radius 3 is 2.39 bits per heavy atom. The molecule has 0 aliphatic rings. The summed E-state index contributed by atoms with van der Waals surface area (Å²) in [5.41, 5.74) is 1.64. The minimum absolute atomic E-state index is 0.0311. The summed E-state index contributed by atoms with van der Waals surface area (Å²) in [5, 5.41) is 22.3. The molecule has 0 radical (unpaired) electrons. The highest BCUT2D eigenvalue weighted by molar-refractivity contribution is 5.92. The summed E-state index contributed by atoms with van der Waals surface area (Å²) in [6.07, 6.45) is -0.0311. The second kappa shape index (κ2) is 6.61. The molecule has 2 amide bonds. The van der Waals surface area contributed by atoms with E-state index in [0.717, 1.165) is 5.56 Å². The first-order valence-electron chi connectivity index (χ1n) is 5.51. The van der Waals surface area contributed by atoms with E-state index in [9.17, 15) is 9.59 Å². The summed E-state index contributed by atoms with van der Waals surface area (Å²) in [6.45, 7) is 1.62. The largest absolute Gasteiger partial charge is 0.480 e. The fourth-order valence-electron chi connectivity index (χ4n) is 1.35. The number of aryl methyl sites for hydroxylation is 1. The summed E-state index contributed by atoms with van der Waals surface area (Å²) in [5.74, 6) is -1.18. The van der Waals surface area contributed by atoms with Gasteiger partial charge in [-0.25, -0.2) is 9.59 Å². The van der Waals surface area contributed by atoms with E-state index in [-0.39, 0.29) is 13.0 Å². The van der Waals surface area contributed by atoms with Gasteiger partial charge in [-0.2, -0.15) is 0 Å². The van der Waals surface area contributed by atoms with Gasteiger partial charge in [0.05, 0.1) is 0 Å². The van der Waals surface area contributed by atoms with Crippen LogP contribution in [0.2, 0.25) is 0 Å². The van der Waals surface area contributed by atoms with Crippen molar-refractivity contribution in [2.75, 3.05) is 11.9 Å². The van der Waals surface area contributed by atoms with Crippen LogP contribution in [0.4, 0.5) is 10.5 Å². The summed E-state index contributed by atoms with van der Waals surface area (Å²) >= 11 is 0. The number of nitrogens with one attached hydrogen (secondary N) is 2. The predicted molar refractivity (Wildman–Crippen MR) is 66.5 cm³/mol. The van der Waals surface area contributed by atoms with E-state index >= 15 is 0 Å². The van der Waals surface area contributed by atoms with Crippen molar-refractivity contribution in [3.8, 4) is 0 Å². The van der Waals surface area contributed by atoms with E-state index in [4.69, 9.17) is 10.2 Å². The third-order valence-electron chi connectivity index (χ3n) is 2.33. The number of aliphatic hydroxyl groups excluding tert-OH is 1. The van der Waals surface area contributed by atoms with Gasteiger partial charge < -0.3 is 20.8 Å². The number of carboxylic acids is 1. The van der Waals surface area contributed by atoms with Crippen LogP contribution in [0.25, 0.3) is 0 Å². The van der Waals surface area contributed by atoms with Gasteiger partial charge in [0.15, 0.2) is 0 Å². The van der Waals surface area contributed by atoms with Crippen LogP contribution in [0.3, 0.4) is 0 Å². The van der Waals surface area contributed by atoms with Crippen LogP contribution >= 0.6 is 0 Å². The van der Waals surface area contributed by atoms with E-state index in [1.54, 1.807) is 12.1 Å². The lowest BCUT2D eigenvalue weighted by atomic mass is 10.2. The van der Waals surface area contributed by atoms with Gasteiger partial charge in [0, 0.05) is 18.7 Å². The quantitative estimate of drug-likeness (QED) is 0.627. The molecule has 6 heteroatoms. The Morgan fingerprint density at radius 2 is 1.89 bits per heavy atom. The van der Waals surface area contributed by atoms with Crippen LogP contribution in [-0.4, -0.2) is 34.9 Å². The highest BCUT2D eigenvalue weighted by Gasteiger charge is 2.18. The molecule has 1 aromatic carbocycles. The molecule has 0 heterocycles. The number of amides is 2. The fraction of sp³-hybridized carbons (Fsp3) is 0.333. The Bertz CT molecular complexity index is 417. The normalized spacial score (nSPS) is 11.7. The maximum atomic E-state index is 11.5. The molecule has 0 bridgehead atoms. The van der Waals surface area contributed by atoms with Crippen LogP contribution in [0.5, 0.6) is 0 Å². The molecule has 0 fully saturated rings. The van der Waals surface area contributed by atoms with Crippen molar-refractivity contribution in [3.05, 3.63) is 29.8 Å². The molecule has 98 valence electrons. The molecule has 1 aromatic rings. The van der Waals surface area contributed by atoms with E-state index < -0.39 is 18.0 Å². The third-order valence-corrected chi connectivity index (χ3v) is 2.33. The van der Waals surface area contributed by atoms with Crippen molar-refractivity contribution >= 4 is 17.7 Å². The minimum Gasteiger partial charge on any atom is -0.480 e. The summed E-state index contributed by atoms with van der Waals surface area (Å²) in [4.78, 5) is 22.3. The second-order valence-electron chi connectivity index (χ2n) is 3.87. The molecule has 1 atom stereocenters. The van der Waals surface area contributed by atoms with Crippen molar-refractivity contribution in [3.63, 3.8) is 0 Å². The zero-order valence-electron chi connectivity index (χ0n) is 10.0. The first kappa shape index (κ1) is 14.0. The molecule has 0 unspecified atom stereocenters. The number of carbonyl (C=O) groups is 2. The number of benzene rings is 1. The van der Waals surface area contributed by atoms with Crippen LogP contribution in [0, 0.1) is 6.92 Å². The van der Waals surface area contributed by atoms with E-state index in [0.29, 0.717) is 5.69 Å². The maximum Gasteiger partial charge on any atom is 0.326 e. The van der Waals surface area contributed by atoms with Crippen molar-refractivity contribution in [2.24, 2.45) is 0 Å². The Hall–Kier alpha value is -2.08. The number of rotatable bonds is 5. The van der Waals surface area contributed by atoms with Crippen molar-refractivity contribution in [2.45, 2.75) is 19.4 Å². The zero-order chi connectivity index (χ0) is 13.5. The van der Waals surface area contributed by atoms with Crippen LogP contribution < -0.4 is 10.6 Å². The summed E-state index contributed by atoms with van der Waals surface area (Å²) < 4.78 is 0. The smallest absolute Gasteiger partial charge is 0.326 e. The first-order valence-corrected chi connectivity index (χ1v) is 5.51. The molecule has 6 nitrogen and oxygen atoms in total. The number of anilines is 1. The average molecular weight is 252 g/mol. The van der Waals surface area contributed by atoms with Crippen molar-refractivity contribution in [1.29, 1.82) is 0 Å². The Morgan fingerprint density at radius 1 is 1.28 bits per heavy atom. The summed E-state index contributed by atoms with van der Waals surface area (Å²) in [6, 6.07) is 5.39. The van der Waals surface area contributed by atoms with E-state index in [1.807, 2.05) is 19.1 Å². The van der Waals surface area contributed by atoms with Gasteiger partial charge in [0.25, 0.3) is 0 Å². The van der Waals surface area contributed by atoms with Crippen LogP contribution in [-0.2, 0) is 4.79 Å². The average Bonchev–Trinajstić information content (AvgIpc) is 2.31. The van der Waals surface area contributed by atoms with Gasteiger partial charge in [-0.1, -0.05) is 17.7 Å². The molecule has 1 rings (SSSR count). The zero-order valence-corrected chi connectivity index (χ0v) is 10.0. The Labute approximate surface area is 105 Å². The van der Waals surface area contributed by atoms with Gasteiger partial charge in [-0.15, -0.1) is 0 Å². The molecule has 0 saturated heterocycles. The Balaban J connectivity index is 2.54. The number of carbonyl (C=O) groups excluding carboxylic acids is 1. The number of carboxylic acid groups (broad SMARTS) is 1. The van der Waals surface area contributed by atoms with Gasteiger partial charge >= 0.3 is 12.0 Å². The lowest BCUT2D eigenvalue weighted by Gasteiger charge is -2.14. The second-order valence-corrected chi connectivity index (χ2v) is 3.87. The maximum absolute atomic E-state index is 11.5. The minimum atomic E-state index is -1.18. The van der Waals surface area contributed by atoms with Gasteiger partial charge in [0.1, 0.15) is 6.04 Å².